The number of nitrogens with zero attached hydrogens (tertiary/aromatic N) is 1. The second kappa shape index (κ2) is 4.28. The highest BCUT2D eigenvalue weighted by molar-refractivity contribution is 9.10. The zero-order valence-corrected chi connectivity index (χ0v) is 10.5. The van der Waals surface area contributed by atoms with Gasteiger partial charge in [0.15, 0.2) is 5.13 Å². The molecule has 1 heterocycles. The van der Waals surface area contributed by atoms with E-state index in [1.54, 1.807) is 0 Å². The number of anilines is 1. The van der Waals surface area contributed by atoms with Gasteiger partial charge in [0.25, 0.3) is 0 Å². The van der Waals surface area contributed by atoms with Crippen LogP contribution >= 0.6 is 27.3 Å². The predicted molar refractivity (Wildman–Crippen MR) is 66.2 cm³/mol. The van der Waals surface area contributed by atoms with Gasteiger partial charge < -0.3 is 5.32 Å². The summed E-state index contributed by atoms with van der Waals surface area (Å²) in [6.07, 6.45) is 0.472. The average Bonchev–Trinajstić information content (AvgIpc) is 2.59. The Bertz CT molecular complexity index is 509. The van der Waals surface area contributed by atoms with Gasteiger partial charge in [-0.25, -0.2) is 4.98 Å². The van der Waals surface area contributed by atoms with E-state index < -0.39 is 0 Å². The summed E-state index contributed by atoms with van der Waals surface area (Å²) in [5.41, 5.74) is 0.912. The van der Waals surface area contributed by atoms with E-state index in [1.807, 2.05) is 25.1 Å². The first-order chi connectivity index (χ1) is 7.19. The number of hydrogen-bond acceptors (Lipinski definition) is 3. The van der Waals surface area contributed by atoms with Crippen molar-refractivity contribution >= 4 is 48.5 Å². The van der Waals surface area contributed by atoms with E-state index in [1.165, 1.54) is 11.3 Å². The third-order valence-corrected chi connectivity index (χ3v) is 3.34. The van der Waals surface area contributed by atoms with Gasteiger partial charge in [-0.1, -0.05) is 34.2 Å². The molecule has 0 atom stereocenters. The van der Waals surface area contributed by atoms with E-state index in [2.05, 4.69) is 26.2 Å². The van der Waals surface area contributed by atoms with Crippen molar-refractivity contribution in [2.24, 2.45) is 0 Å². The minimum absolute atomic E-state index is 0.00637. The van der Waals surface area contributed by atoms with Crippen LogP contribution in [0.15, 0.2) is 22.7 Å². The Balaban J connectivity index is 2.34. The van der Waals surface area contributed by atoms with Crippen LogP contribution in [0.5, 0.6) is 0 Å². The fraction of sp³-hybridized carbons (Fsp3) is 0.200. The normalized spacial score (nSPS) is 10.5. The summed E-state index contributed by atoms with van der Waals surface area (Å²) < 4.78 is 2.09. The third kappa shape index (κ3) is 2.35. The number of thiazole rings is 1. The quantitative estimate of drug-likeness (QED) is 0.918. The van der Waals surface area contributed by atoms with Gasteiger partial charge in [0.2, 0.25) is 5.91 Å². The third-order valence-electron chi connectivity index (χ3n) is 1.92. The Morgan fingerprint density at radius 1 is 1.60 bits per heavy atom. The SMILES string of the molecule is CCC(=O)Nc1nc2ccc(Br)cc2s1. The molecule has 1 aromatic carbocycles. The summed E-state index contributed by atoms with van der Waals surface area (Å²) in [6, 6.07) is 5.86. The van der Waals surface area contributed by atoms with Gasteiger partial charge in [-0.2, -0.15) is 0 Å². The zero-order chi connectivity index (χ0) is 10.8. The molecule has 2 aromatic rings. The van der Waals surface area contributed by atoms with Crippen LogP contribution in [0.1, 0.15) is 13.3 Å². The number of halogens is 1. The van der Waals surface area contributed by atoms with Crippen LogP contribution in [0, 0.1) is 0 Å². The Kier molecular flexibility index (Phi) is 3.02. The summed E-state index contributed by atoms with van der Waals surface area (Å²) in [7, 11) is 0. The maximum atomic E-state index is 11.2. The second-order valence-corrected chi connectivity index (χ2v) is 4.98. The highest BCUT2D eigenvalue weighted by Crippen LogP contribution is 2.28. The van der Waals surface area contributed by atoms with Crippen LogP contribution in [0.25, 0.3) is 10.2 Å². The Labute approximate surface area is 99.6 Å². The van der Waals surface area contributed by atoms with Crippen molar-refractivity contribution in [2.45, 2.75) is 13.3 Å². The molecular weight excluding hydrogens is 276 g/mol. The lowest BCUT2D eigenvalue weighted by molar-refractivity contribution is -0.115. The molecule has 0 spiro atoms. The molecular formula is C10H9BrN2OS. The molecule has 2 rings (SSSR count). The molecule has 0 bridgehead atoms. The van der Waals surface area contributed by atoms with Crippen LogP contribution in [-0.2, 0) is 4.79 Å². The van der Waals surface area contributed by atoms with Crippen molar-refractivity contribution in [2.75, 3.05) is 5.32 Å². The van der Waals surface area contributed by atoms with Gasteiger partial charge in [0, 0.05) is 10.9 Å². The monoisotopic (exact) mass is 284 g/mol. The van der Waals surface area contributed by atoms with Crippen molar-refractivity contribution in [3.63, 3.8) is 0 Å². The predicted octanol–water partition coefficient (Wildman–Crippen LogP) is 3.41. The Hall–Kier alpha value is -0.940. The highest BCUT2D eigenvalue weighted by atomic mass is 79.9. The van der Waals surface area contributed by atoms with Gasteiger partial charge in [0.05, 0.1) is 10.2 Å². The average molecular weight is 285 g/mol. The lowest BCUT2D eigenvalue weighted by atomic mass is 10.3. The first kappa shape index (κ1) is 10.6. The number of rotatable bonds is 2. The zero-order valence-electron chi connectivity index (χ0n) is 8.08. The molecule has 0 radical (unpaired) electrons. The van der Waals surface area contributed by atoms with Gasteiger partial charge >= 0.3 is 0 Å². The molecule has 1 N–H and O–H groups in total. The number of benzene rings is 1. The van der Waals surface area contributed by atoms with Crippen LogP contribution in [0.4, 0.5) is 5.13 Å². The summed E-state index contributed by atoms with van der Waals surface area (Å²) in [5, 5.41) is 3.42. The number of carbonyl (C=O) groups is 1. The molecule has 5 heteroatoms. The summed E-state index contributed by atoms with van der Waals surface area (Å²) in [4.78, 5) is 15.5. The fourth-order valence-corrected chi connectivity index (χ4v) is 2.59. The van der Waals surface area contributed by atoms with Crippen molar-refractivity contribution in [3.05, 3.63) is 22.7 Å². The molecule has 0 unspecified atom stereocenters. The molecule has 1 amide bonds. The largest absolute Gasteiger partial charge is 0.302 e. The number of amides is 1. The van der Waals surface area contributed by atoms with Crippen LogP contribution < -0.4 is 5.32 Å². The van der Waals surface area contributed by atoms with E-state index in [0.29, 0.717) is 11.6 Å². The molecule has 0 saturated heterocycles. The van der Waals surface area contributed by atoms with E-state index in [-0.39, 0.29) is 5.91 Å². The van der Waals surface area contributed by atoms with E-state index in [4.69, 9.17) is 0 Å². The first-order valence-corrected chi connectivity index (χ1v) is 6.16. The molecule has 0 fully saturated rings. The fourth-order valence-electron chi connectivity index (χ4n) is 1.16. The molecule has 15 heavy (non-hydrogen) atoms. The number of carbonyl (C=O) groups excluding carboxylic acids is 1. The van der Waals surface area contributed by atoms with E-state index >= 15 is 0 Å². The van der Waals surface area contributed by atoms with E-state index in [9.17, 15) is 4.79 Å². The second-order valence-electron chi connectivity index (χ2n) is 3.03. The van der Waals surface area contributed by atoms with Crippen molar-refractivity contribution in [3.8, 4) is 0 Å². The number of aromatic nitrogens is 1. The van der Waals surface area contributed by atoms with Crippen molar-refractivity contribution < 1.29 is 4.79 Å². The van der Waals surface area contributed by atoms with Gasteiger partial charge in [-0.15, -0.1) is 0 Å². The molecule has 0 saturated carbocycles. The lowest BCUT2D eigenvalue weighted by Gasteiger charge is -1.95. The van der Waals surface area contributed by atoms with Crippen LogP contribution in [0.3, 0.4) is 0 Å². The molecule has 0 aliphatic carbocycles. The highest BCUT2D eigenvalue weighted by Gasteiger charge is 2.06. The van der Waals surface area contributed by atoms with Crippen LogP contribution in [0.2, 0.25) is 0 Å². The Morgan fingerprint density at radius 3 is 3.13 bits per heavy atom. The Morgan fingerprint density at radius 2 is 2.40 bits per heavy atom. The summed E-state index contributed by atoms with van der Waals surface area (Å²) >= 11 is 4.88. The number of fused-ring (bicyclic) bond motifs is 1. The van der Waals surface area contributed by atoms with Gasteiger partial charge in [0.1, 0.15) is 0 Å². The van der Waals surface area contributed by atoms with Crippen molar-refractivity contribution in [1.29, 1.82) is 0 Å². The first-order valence-electron chi connectivity index (χ1n) is 4.55. The molecule has 78 valence electrons. The smallest absolute Gasteiger partial charge is 0.225 e. The standard InChI is InChI=1S/C10H9BrN2OS/c1-2-9(14)13-10-12-7-4-3-6(11)5-8(7)15-10/h3-5H,2H2,1H3,(H,12,13,14). The summed E-state index contributed by atoms with van der Waals surface area (Å²) in [6.45, 7) is 1.82. The minimum atomic E-state index is -0.00637. The molecule has 0 aliphatic heterocycles. The number of hydrogen-bond donors (Lipinski definition) is 1. The van der Waals surface area contributed by atoms with E-state index in [0.717, 1.165) is 14.7 Å². The summed E-state index contributed by atoms with van der Waals surface area (Å²) in [5.74, 6) is -0.00637. The topological polar surface area (TPSA) is 42.0 Å². The lowest BCUT2D eigenvalue weighted by Crippen LogP contribution is -2.08. The minimum Gasteiger partial charge on any atom is -0.302 e. The van der Waals surface area contributed by atoms with Crippen LogP contribution in [-0.4, -0.2) is 10.9 Å². The maximum Gasteiger partial charge on any atom is 0.225 e. The van der Waals surface area contributed by atoms with Gasteiger partial charge in [-0.3, -0.25) is 4.79 Å². The number of nitrogens with one attached hydrogen (secondary N) is 1. The van der Waals surface area contributed by atoms with Crippen molar-refractivity contribution in [1.82, 2.24) is 4.98 Å². The van der Waals surface area contributed by atoms with Gasteiger partial charge in [-0.05, 0) is 18.2 Å². The molecule has 1 aromatic heterocycles. The molecule has 3 nitrogen and oxygen atoms in total. The maximum absolute atomic E-state index is 11.2. The molecule has 0 aliphatic rings.